The summed E-state index contributed by atoms with van der Waals surface area (Å²) in [5.41, 5.74) is 3.12. The van der Waals surface area contributed by atoms with Gasteiger partial charge in [0, 0.05) is 3.57 Å². The fourth-order valence-electron chi connectivity index (χ4n) is 3.24. The van der Waals surface area contributed by atoms with Crippen LogP contribution in [0.25, 0.3) is 6.08 Å². The van der Waals surface area contributed by atoms with Crippen molar-refractivity contribution in [3.63, 3.8) is 0 Å². The zero-order chi connectivity index (χ0) is 22.7. The van der Waals surface area contributed by atoms with Gasteiger partial charge in [-0.15, -0.1) is 0 Å². The summed E-state index contributed by atoms with van der Waals surface area (Å²) in [6.45, 7) is 2.20. The first-order chi connectivity index (χ1) is 15.4. The molecule has 1 saturated heterocycles. The largest absolute Gasteiger partial charge is 0.423 e. The van der Waals surface area contributed by atoms with Crippen LogP contribution in [0.15, 0.2) is 77.7 Å². The minimum absolute atomic E-state index is 0.233. The summed E-state index contributed by atoms with van der Waals surface area (Å²) in [5.74, 6) is -0.421. The van der Waals surface area contributed by atoms with Gasteiger partial charge in [-0.05, 0) is 82.7 Å². The molecule has 0 bridgehead atoms. The Morgan fingerprint density at radius 2 is 1.81 bits per heavy atom. The normalized spacial score (nSPS) is 14.8. The highest BCUT2D eigenvalue weighted by Crippen LogP contribution is 2.33. The van der Waals surface area contributed by atoms with Gasteiger partial charge in [0.1, 0.15) is 5.75 Å². The molecule has 0 aliphatic carbocycles. The van der Waals surface area contributed by atoms with Gasteiger partial charge in [-0.25, -0.2) is 4.79 Å². The summed E-state index contributed by atoms with van der Waals surface area (Å²) in [5, 5.41) is -0.302. The van der Waals surface area contributed by atoms with Crippen molar-refractivity contribution < 1.29 is 19.1 Å². The molecule has 0 N–H and O–H groups in total. The fraction of sp³-hybridized carbons (Fsp3) is 0.0800. The monoisotopic (exact) mass is 555 g/mol. The predicted octanol–water partition coefficient (Wildman–Crippen LogP) is 6.06. The highest BCUT2D eigenvalue weighted by Gasteiger charge is 2.35. The van der Waals surface area contributed by atoms with Crippen LogP contribution in [-0.2, 0) is 11.3 Å². The zero-order valence-electron chi connectivity index (χ0n) is 17.1. The molecule has 2 amide bonds. The second kappa shape index (κ2) is 9.70. The van der Waals surface area contributed by atoms with Crippen molar-refractivity contribution in [2.45, 2.75) is 13.5 Å². The molecular formula is C25H18INO4S. The van der Waals surface area contributed by atoms with Crippen molar-refractivity contribution in [3.8, 4) is 5.75 Å². The Bertz CT molecular complexity index is 1250. The van der Waals surface area contributed by atoms with Crippen LogP contribution >= 0.6 is 34.4 Å². The van der Waals surface area contributed by atoms with Crippen molar-refractivity contribution >= 4 is 57.5 Å². The number of aryl methyl sites for hydroxylation is 1. The molecule has 0 unspecified atom stereocenters. The van der Waals surface area contributed by atoms with Gasteiger partial charge in [0.05, 0.1) is 17.0 Å². The quantitative estimate of drug-likeness (QED) is 0.166. The van der Waals surface area contributed by atoms with E-state index in [0.29, 0.717) is 21.8 Å². The molecule has 7 heteroatoms. The number of ether oxygens (including phenoxy) is 1. The minimum Gasteiger partial charge on any atom is -0.423 e. The standard InChI is InChI=1S/C25H18INO4S/c1-16-6-4-8-18(12-16)15-27-23(28)22(32-25(27)30)14-17-7-5-9-19(13-17)31-24(29)20-10-2-3-11-21(20)26/h2-14H,15H2,1H3/b22-14-. The number of amides is 2. The molecule has 32 heavy (non-hydrogen) atoms. The molecule has 1 aliphatic rings. The third-order valence-corrected chi connectivity index (χ3v) is 6.61. The van der Waals surface area contributed by atoms with Crippen LogP contribution in [0.2, 0.25) is 0 Å². The van der Waals surface area contributed by atoms with Crippen LogP contribution < -0.4 is 4.74 Å². The van der Waals surface area contributed by atoms with Crippen LogP contribution in [0, 0.1) is 10.5 Å². The molecule has 160 valence electrons. The fourth-order valence-corrected chi connectivity index (χ4v) is 4.68. The average molecular weight is 555 g/mol. The third-order valence-electron chi connectivity index (χ3n) is 4.76. The van der Waals surface area contributed by atoms with Crippen molar-refractivity contribution in [2.75, 3.05) is 0 Å². The number of imide groups is 1. The molecule has 0 radical (unpaired) electrons. The molecule has 0 spiro atoms. The second-order valence-electron chi connectivity index (χ2n) is 7.20. The van der Waals surface area contributed by atoms with Crippen LogP contribution in [-0.4, -0.2) is 22.0 Å². The number of hydrogen-bond acceptors (Lipinski definition) is 5. The summed E-state index contributed by atoms with van der Waals surface area (Å²) in [6.07, 6.45) is 1.64. The number of halogens is 1. The Labute approximate surface area is 203 Å². The molecule has 1 fully saturated rings. The van der Waals surface area contributed by atoms with Crippen LogP contribution in [0.1, 0.15) is 27.0 Å². The zero-order valence-corrected chi connectivity index (χ0v) is 20.1. The number of esters is 1. The average Bonchev–Trinajstić information content (AvgIpc) is 3.01. The van der Waals surface area contributed by atoms with E-state index >= 15 is 0 Å². The van der Waals surface area contributed by atoms with Crippen LogP contribution in [0.5, 0.6) is 5.75 Å². The molecule has 1 aliphatic heterocycles. The van der Waals surface area contributed by atoms with E-state index in [9.17, 15) is 14.4 Å². The topological polar surface area (TPSA) is 63.7 Å². The first kappa shape index (κ1) is 22.3. The maximum atomic E-state index is 12.8. The number of thioether (sulfide) groups is 1. The predicted molar refractivity (Wildman–Crippen MR) is 133 cm³/mol. The molecule has 5 nitrogen and oxygen atoms in total. The van der Waals surface area contributed by atoms with E-state index in [1.165, 1.54) is 4.90 Å². The molecule has 0 atom stereocenters. The van der Waals surface area contributed by atoms with E-state index in [4.69, 9.17) is 4.74 Å². The SMILES string of the molecule is Cc1cccc(CN2C(=O)S/C(=C\c3cccc(OC(=O)c4ccccc4I)c3)C2=O)c1. The van der Waals surface area contributed by atoms with Crippen molar-refractivity contribution in [1.82, 2.24) is 4.90 Å². The van der Waals surface area contributed by atoms with Gasteiger partial charge in [-0.2, -0.15) is 0 Å². The Hall–Kier alpha value is -2.91. The smallest absolute Gasteiger partial charge is 0.344 e. The Kier molecular flexibility index (Phi) is 6.76. The highest BCUT2D eigenvalue weighted by molar-refractivity contribution is 14.1. The number of rotatable bonds is 5. The van der Waals surface area contributed by atoms with Gasteiger partial charge in [0.15, 0.2) is 0 Å². The van der Waals surface area contributed by atoms with Crippen molar-refractivity contribution in [3.05, 3.63) is 104 Å². The van der Waals surface area contributed by atoms with Crippen molar-refractivity contribution in [2.24, 2.45) is 0 Å². The number of nitrogens with zero attached hydrogens (tertiary/aromatic N) is 1. The number of benzene rings is 3. The van der Waals surface area contributed by atoms with E-state index in [2.05, 4.69) is 22.6 Å². The first-order valence-electron chi connectivity index (χ1n) is 9.78. The van der Waals surface area contributed by atoms with Crippen LogP contribution in [0.4, 0.5) is 4.79 Å². The van der Waals surface area contributed by atoms with Gasteiger partial charge in [-0.1, -0.05) is 54.1 Å². The lowest BCUT2D eigenvalue weighted by molar-refractivity contribution is -0.123. The lowest BCUT2D eigenvalue weighted by Gasteiger charge is -2.12. The minimum atomic E-state index is -0.453. The molecular weight excluding hydrogens is 537 g/mol. The first-order valence-corrected chi connectivity index (χ1v) is 11.7. The third kappa shape index (κ3) is 5.11. The molecule has 0 aromatic heterocycles. The second-order valence-corrected chi connectivity index (χ2v) is 9.35. The highest BCUT2D eigenvalue weighted by atomic mass is 127. The molecule has 4 rings (SSSR count). The van der Waals surface area contributed by atoms with E-state index < -0.39 is 5.97 Å². The van der Waals surface area contributed by atoms with Gasteiger partial charge in [0.25, 0.3) is 11.1 Å². The van der Waals surface area contributed by atoms with Gasteiger partial charge in [-0.3, -0.25) is 14.5 Å². The number of carbonyl (C=O) groups is 3. The molecule has 3 aromatic carbocycles. The van der Waals surface area contributed by atoms with Gasteiger partial charge < -0.3 is 4.74 Å². The summed E-state index contributed by atoms with van der Waals surface area (Å²) in [6, 6.07) is 21.8. The molecule has 3 aromatic rings. The maximum absolute atomic E-state index is 12.8. The van der Waals surface area contributed by atoms with E-state index in [1.807, 2.05) is 43.3 Å². The van der Waals surface area contributed by atoms with Crippen LogP contribution in [0.3, 0.4) is 0 Å². The van der Waals surface area contributed by atoms with E-state index in [1.54, 1.807) is 42.5 Å². The molecule has 0 saturated carbocycles. The summed E-state index contributed by atoms with van der Waals surface area (Å²) < 4.78 is 6.30. The lowest BCUT2D eigenvalue weighted by Crippen LogP contribution is -2.27. The van der Waals surface area contributed by atoms with Crippen molar-refractivity contribution in [1.29, 1.82) is 0 Å². The summed E-state index contributed by atoms with van der Waals surface area (Å²) in [4.78, 5) is 39.3. The lowest BCUT2D eigenvalue weighted by atomic mass is 10.1. The Morgan fingerprint density at radius 1 is 1.03 bits per heavy atom. The van der Waals surface area contributed by atoms with E-state index in [-0.39, 0.29) is 17.7 Å². The molecule has 1 heterocycles. The van der Waals surface area contributed by atoms with E-state index in [0.717, 1.165) is 26.5 Å². The maximum Gasteiger partial charge on any atom is 0.344 e. The Balaban J connectivity index is 1.50. The summed E-state index contributed by atoms with van der Waals surface area (Å²) in [7, 11) is 0. The van der Waals surface area contributed by atoms with Gasteiger partial charge in [0.2, 0.25) is 0 Å². The summed E-state index contributed by atoms with van der Waals surface area (Å²) >= 11 is 2.99. The van der Waals surface area contributed by atoms with Gasteiger partial charge >= 0.3 is 5.97 Å². The number of carbonyl (C=O) groups excluding carboxylic acids is 3. The Morgan fingerprint density at radius 3 is 2.59 bits per heavy atom. The number of hydrogen-bond donors (Lipinski definition) is 0.